The number of para-hydroxylation sites is 1. The van der Waals surface area contributed by atoms with E-state index < -0.39 is 6.04 Å². The number of carbonyl (C=O) groups is 3. The van der Waals surface area contributed by atoms with Gasteiger partial charge in [-0.2, -0.15) is 0 Å². The van der Waals surface area contributed by atoms with Crippen LogP contribution in [0.15, 0.2) is 45.3 Å². The van der Waals surface area contributed by atoms with Crippen LogP contribution >= 0.6 is 31.9 Å². The van der Waals surface area contributed by atoms with Crippen molar-refractivity contribution in [1.82, 2.24) is 24.9 Å². The van der Waals surface area contributed by atoms with Gasteiger partial charge in [-0.3, -0.25) is 19.4 Å². The second-order valence-electron chi connectivity index (χ2n) is 14.2. The maximum absolute atomic E-state index is 14.2. The number of piperidine rings is 3. The number of nitrogen functional groups attached to an aromatic ring is 1. The van der Waals surface area contributed by atoms with Crippen LogP contribution in [0.25, 0.3) is 0 Å². The van der Waals surface area contributed by atoms with Crippen molar-refractivity contribution in [2.24, 2.45) is 11.8 Å². The van der Waals surface area contributed by atoms with E-state index in [1.54, 1.807) is 11.2 Å². The highest BCUT2D eigenvalue weighted by atomic mass is 79.9. The summed E-state index contributed by atoms with van der Waals surface area (Å²) in [5, 5.41) is 15.8. The highest BCUT2D eigenvalue weighted by molar-refractivity contribution is 9.11. The Morgan fingerprint density at radius 3 is 2.20 bits per heavy atom. The SMILES string of the molecule is CCOC(=O)CN1CCC(C2CCN(C(=O)[C@@H](Cc3cc(Br)c(N)c(Br)c3)NC(=O)N3CCC(N4C=[N+]([O-])c5ccccc5C4)CC3)CC2)CC1. The average Bonchev–Trinajstić information content (AvgIpc) is 3.14. The number of anilines is 1. The fourth-order valence-electron chi connectivity index (χ4n) is 8.13. The predicted molar refractivity (Wildman–Crippen MR) is 203 cm³/mol. The number of halogens is 2. The van der Waals surface area contributed by atoms with E-state index in [0.29, 0.717) is 75.5 Å². The summed E-state index contributed by atoms with van der Waals surface area (Å²) in [5.41, 5.74) is 9.29. The van der Waals surface area contributed by atoms with Crippen molar-refractivity contribution in [2.45, 2.75) is 70.5 Å². The normalized spacial score (nSPS) is 20.1. The van der Waals surface area contributed by atoms with Crippen LogP contribution in [0.1, 0.15) is 56.6 Å². The lowest BCUT2D eigenvalue weighted by atomic mass is 9.78. The summed E-state index contributed by atoms with van der Waals surface area (Å²) in [6, 6.07) is 10.6. The molecule has 4 aliphatic heterocycles. The first kappa shape index (κ1) is 37.4. The largest absolute Gasteiger partial charge is 0.711 e. The Morgan fingerprint density at radius 1 is 0.941 bits per heavy atom. The number of likely N-dealkylation sites (tertiary alicyclic amines) is 3. The first-order chi connectivity index (χ1) is 24.6. The summed E-state index contributed by atoms with van der Waals surface area (Å²) >= 11 is 7.06. The van der Waals surface area contributed by atoms with Crippen LogP contribution < -0.4 is 11.1 Å². The maximum Gasteiger partial charge on any atom is 0.320 e. The van der Waals surface area contributed by atoms with E-state index in [0.717, 1.165) is 76.4 Å². The quantitative estimate of drug-likeness (QED) is 0.155. The van der Waals surface area contributed by atoms with Gasteiger partial charge in [0, 0.05) is 60.0 Å². The van der Waals surface area contributed by atoms with Gasteiger partial charge in [0.1, 0.15) is 18.3 Å². The molecule has 3 saturated heterocycles. The van der Waals surface area contributed by atoms with E-state index in [4.69, 9.17) is 10.5 Å². The number of rotatable bonds is 9. The number of benzene rings is 2. The van der Waals surface area contributed by atoms with Gasteiger partial charge in [0.15, 0.2) is 0 Å². The number of ether oxygens (including phenoxy) is 1. The zero-order valence-electron chi connectivity index (χ0n) is 29.3. The number of nitrogens with one attached hydrogen (secondary N) is 1. The van der Waals surface area contributed by atoms with Crippen molar-refractivity contribution >= 4 is 67.5 Å². The molecule has 2 aromatic rings. The van der Waals surface area contributed by atoms with Crippen LogP contribution in [-0.2, 0) is 27.3 Å². The van der Waals surface area contributed by atoms with Gasteiger partial charge in [-0.1, -0.05) is 18.2 Å². The van der Waals surface area contributed by atoms with Gasteiger partial charge in [0.2, 0.25) is 12.2 Å². The summed E-state index contributed by atoms with van der Waals surface area (Å²) in [4.78, 5) is 47.8. The minimum absolute atomic E-state index is 0.0675. The van der Waals surface area contributed by atoms with E-state index in [1.165, 1.54) is 0 Å². The molecule has 6 rings (SSSR count). The number of amides is 3. The molecule has 0 saturated carbocycles. The van der Waals surface area contributed by atoms with Gasteiger partial charge in [-0.15, -0.1) is 0 Å². The fourth-order valence-corrected chi connectivity index (χ4v) is 9.41. The van der Waals surface area contributed by atoms with E-state index in [1.807, 2.05) is 48.2 Å². The molecule has 14 heteroatoms. The van der Waals surface area contributed by atoms with Crippen LogP contribution in [0, 0.1) is 17.0 Å². The highest BCUT2D eigenvalue weighted by Crippen LogP contribution is 2.34. The van der Waals surface area contributed by atoms with Crippen LogP contribution in [-0.4, -0.2) is 113 Å². The Labute approximate surface area is 317 Å². The van der Waals surface area contributed by atoms with Crippen LogP contribution in [0.2, 0.25) is 0 Å². The molecule has 0 bridgehead atoms. The molecule has 1 atom stereocenters. The number of hydrogen-bond donors (Lipinski definition) is 2. The van der Waals surface area contributed by atoms with E-state index in [2.05, 4.69) is 47.0 Å². The molecule has 0 spiro atoms. The number of urea groups is 1. The number of nitrogens with two attached hydrogens (primary N) is 1. The van der Waals surface area contributed by atoms with Gasteiger partial charge in [-0.25, -0.2) is 9.53 Å². The molecule has 0 radical (unpaired) electrons. The van der Waals surface area contributed by atoms with Crippen molar-refractivity contribution in [3.63, 3.8) is 0 Å². The fraction of sp³-hybridized carbons (Fsp3) is 0.568. The lowest BCUT2D eigenvalue weighted by Crippen LogP contribution is -2.56. The van der Waals surface area contributed by atoms with E-state index in [9.17, 15) is 19.6 Å². The number of nitrogens with zero attached hydrogens (tertiary/aromatic N) is 5. The lowest BCUT2D eigenvalue weighted by molar-refractivity contribution is -0.367. The Bertz CT molecular complexity index is 1580. The molecule has 4 heterocycles. The second-order valence-corrected chi connectivity index (χ2v) is 15.9. The van der Waals surface area contributed by atoms with Crippen LogP contribution in [0.5, 0.6) is 0 Å². The molecule has 3 N–H and O–H groups in total. The molecule has 2 aromatic carbocycles. The maximum atomic E-state index is 14.2. The smallest absolute Gasteiger partial charge is 0.320 e. The Balaban J connectivity index is 1.05. The van der Waals surface area contributed by atoms with Gasteiger partial charge in [0.05, 0.1) is 24.9 Å². The molecule has 3 amide bonds. The summed E-state index contributed by atoms with van der Waals surface area (Å²) in [7, 11) is 0. The van der Waals surface area contributed by atoms with Crippen molar-refractivity contribution in [2.75, 3.05) is 58.2 Å². The molecule has 0 aromatic heterocycles. The summed E-state index contributed by atoms with van der Waals surface area (Å²) in [5.74, 6) is 0.892. The lowest BCUT2D eigenvalue weighted by Gasteiger charge is -2.41. The van der Waals surface area contributed by atoms with Crippen molar-refractivity contribution < 1.29 is 23.9 Å². The Hall–Kier alpha value is -3.36. The van der Waals surface area contributed by atoms with Crippen molar-refractivity contribution in [3.05, 3.63) is 61.7 Å². The molecule has 4 aliphatic rings. The number of hydrogen-bond acceptors (Lipinski definition) is 8. The van der Waals surface area contributed by atoms with Crippen LogP contribution in [0.3, 0.4) is 0 Å². The first-order valence-corrected chi connectivity index (χ1v) is 19.8. The molecular formula is C37H49Br2N7O5. The van der Waals surface area contributed by atoms with Crippen molar-refractivity contribution in [1.29, 1.82) is 0 Å². The molecular weight excluding hydrogens is 782 g/mol. The summed E-state index contributed by atoms with van der Waals surface area (Å²) < 4.78 is 7.52. The third-order valence-electron chi connectivity index (χ3n) is 11.0. The van der Waals surface area contributed by atoms with E-state index >= 15 is 0 Å². The third kappa shape index (κ3) is 9.18. The number of carbonyl (C=O) groups excluding carboxylic acids is 3. The minimum Gasteiger partial charge on any atom is -0.711 e. The summed E-state index contributed by atoms with van der Waals surface area (Å²) in [6.45, 7) is 7.42. The minimum atomic E-state index is -0.735. The second kappa shape index (κ2) is 17.0. The molecule has 0 aliphatic carbocycles. The molecule has 0 unspecified atom stereocenters. The zero-order chi connectivity index (χ0) is 36.1. The molecule has 51 heavy (non-hydrogen) atoms. The summed E-state index contributed by atoms with van der Waals surface area (Å²) in [6.07, 6.45) is 7.38. The Kier molecular flexibility index (Phi) is 12.5. The van der Waals surface area contributed by atoms with Gasteiger partial charge in [-0.05, 0) is 113 Å². The highest BCUT2D eigenvalue weighted by Gasteiger charge is 2.36. The Morgan fingerprint density at radius 2 is 1.55 bits per heavy atom. The number of esters is 1. The zero-order valence-corrected chi connectivity index (χ0v) is 32.4. The molecule has 3 fully saturated rings. The van der Waals surface area contributed by atoms with Crippen LogP contribution in [0.4, 0.5) is 16.2 Å². The van der Waals surface area contributed by atoms with Crippen molar-refractivity contribution in [3.8, 4) is 0 Å². The number of fused-ring (bicyclic) bond motifs is 1. The topological polar surface area (TPSA) is 138 Å². The van der Waals surface area contributed by atoms with Gasteiger partial charge < -0.3 is 30.8 Å². The first-order valence-electron chi connectivity index (χ1n) is 18.2. The molecule has 12 nitrogen and oxygen atoms in total. The predicted octanol–water partition coefficient (Wildman–Crippen LogP) is 5.08. The van der Waals surface area contributed by atoms with Gasteiger partial charge >= 0.3 is 12.0 Å². The monoisotopic (exact) mass is 829 g/mol. The standard InChI is InChI=1S/C37H49Br2N7O5/c1-2-51-34(47)23-42-13-7-26(8-14-42)27-9-15-43(16-10-27)36(48)32(21-25-19-30(38)35(40)31(39)20-25)41-37(49)44-17-11-29(12-18-44)45-22-28-5-3-4-6-33(28)46(50)24-45/h3-6,19-20,24,26-27,29,32H,2,7-18,21-23,40H2,1H3,(H,41,49)/t32-/m1/s1. The van der Waals surface area contributed by atoms with Gasteiger partial charge in [0.25, 0.3) is 0 Å². The molecule has 276 valence electrons. The third-order valence-corrected chi connectivity index (χ3v) is 12.4. The average molecular weight is 832 g/mol. The van der Waals surface area contributed by atoms with E-state index in [-0.39, 0.29) is 23.9 Å².